The lowest BCUT2D eigenvalue weighted by molar-refractivity contribution is -0.873. The van der Waals surface area contributed by atoms with Crippen LogP contribution in [0.25, 0.3) is 0 Å². The lowest BCUT2D eigenvalue weighted by atomic mass is 10.0. The molecule has 0 heterocycles. The van der Waals surface area contributed by atoms with Crippen LogP contribution >= 0.6 is 0 Å². The van der Waals surface area contributed by atoms with E-state index in [-0.39, 0.29) is 12.4 Å². The van der Waals surface area contributed by atoms with Gasteiger partial charge in [-0.1, -0.05) is 110 Å². The van der Waals surface area contributed by atoms with Gasteiger partial charge in [-0.2, -0.15) is 0 Å². The van der Waals surface area contributed by atoms with Crippen molar-refractivity contribution in [1.29, 1.82) is 0 Å². The fourth-order valence-electron chi connectivity index (χ4n) is 4.19. The van der Waals surface area contributed by atoms with Crippen LogP contribution in [-0.4, -0.2) is 55.3 Å². The highest BCUT2D eigenvalue weighted by atomic mass is 16.5. The van der Waals surface area contributed by atoms with E-state index < -0.39 is 12.1 Å². The summed E-state index contributed by atoms with van der Waals surface area (Å²) >= 11 is 0. The van der Waals surface area contributed by atoms with Crippen molar-refractivity contribution in [3.8, 4) is 0 Å². The van der Waals surface area contributed by atoms with E-state index in [4.69, 9.17) is 9.84 Å². The molecule has 0 unspecified atom stereocenters. The van der Waals surface area contributed by atoms with Gasteiger partial charge in [0.1, 0.15) is 6.54 Å². The zero-order chi connectivity index (χ0) is 24.1. The number of aliphatic carboxylic acids is 1. The van der Waals surface area contributed by atoms with Crippen LogP contribution in [0.2, 0.25) is 0 Å². The van der Waals surface area contributed by atoms with Crippen LogP contribution in [0, 0.1) is 0 Å². The van der Waals surface area contributed by atoms with Gasteiger partial charge in [0, 0.05) is 6.42 Å². The van der Waals surface area contributed by atoms with Crippen molar-refractivity contribution in [2.45, 2.75) is 135 Å². The molecule has 0 rings (SSSR count). The summed E-state index contributed by atoms with van der Waals surface area (Å²) in [6.45, 7) is 2.78. The number of esters is 1. The number of hydrogen-bond donors (Lipinski definition) is 1. The summed E-state index contributed by atoms with van der Waals surface area (Å²) in [5.41, 5.74) is 0. The molecule has 0 aromatic carbocycles. The number of unbranched alkanes of at least 4 members (excludes halogenated alkanes) is 16. The van der Waals surface area contributed by atoms with E-state index in [1.807, 2.05) is 21.1 Å². The minimum atomic E-state index is -0.922. The van der Waals surface area contributed by atoms with Crippen molar-refractivity contribution >= 4 is 11.9 Å². The number of likely N-dealkylation sites (N-methyl/N-ethyl adjacent to an activating group) is 1. The molecule has 5 heteroatoms. The number of hydrogen-bond acceptors (Lipinski definition) is 3. The molecule has 190 valence electrons. The normalized spacial score (nSPS) is 12.6. The number of rotatable bonds is 23. The van der Waals surface area contributed by atoms with Crippen LogP contribution in [0.1, 0.15) is 129 Å². The summed E-state index contributed by atoms with van der Waals surface area (Å²) < 4.78 is 6.00. The van der Waals surface area contributed by atoms with E-state index in [2.05, 4.69) is 6.92 Å². The Morgan fingerprint density at radius 2 is 1.06 bits per heavy atom. The summed E-state index contributed by atoms with van der Waals surface area (Å²) in [6.07, 6.45) is 22.1. The third-order valence-corrected chi connectivity index (χ3v) is 5.94. The van der Waals surface area contributed by atoms with Crippen molar-refractivity contribution in [3.63, 3.8) is 0 Å². The van der Waals surface area contributed by atoms with Crippen molar-refractivity contribution in [2.24, 2.45) is 0 Å². The number of carboxylic acid groups (broad SMARTS) is 1. The van der Waals surface area contributed by atoms with E-state index in [0.29, 0.717) is 17.4 Å². The Morgan fingerprint density at radius 1 is 0.688 bits per heavy atom. The maximum Gasteiger partial charge on any atom is 0.307 e. The highest BCUT2D eigenvalue weighted by Gasteiger charge is 2.24. The topological polar surface area (TPSA) is 63.6 Å². The molecular formula is C27H54NO4+. The quantitative estimate of drug-likeness (QED) is 0.101. The molecule has 32 heavy (non-hydrogen) atoms. The molecule has 5 nitrogen and oxygen atoms in total. The molecule has 0 fully saturated rings. The zero-order valence-corrected chi connectivity index (χ0v) is 21.8. The van der Waals surface area contributed by atoms with Crippen molar-refractivity contribution in [3.05, 3.63) is 0 Å². The monoisotopic (exact) mass is 456 g/mol. The Kier molecular flexibility index (Phi) is 19.8. The van der Waals surface area contributed by atoms with E-state index >= 15 is 0 Å². The summed E-state index contributed by atoms with van der Waals surface area (Å²) in [5, 5.41) is 9.03. The fraction of sp³-hybridized carbons (Fsp3) is 0.926. The number of ether oxygens (including phenoxy) is 1. The number of nitrogens with zero attached hydrogens (tertiary/aromatic N) is 1. The van der Waals surface area contributed by atoms with Gasteiger partial charge < -0.3 is 14.3 Å². The van der Waals surface area contributed by atoms with Crippen LogP contribution in [-0.2, 0) is 14.3 Å². The van der Waals surface area contributed by atoms with Gasteiger partial charge in [0.15, 0.2) is 6.10 Å². The Hall–Kier alpha value is -1.10. The predicted molar refractivity (Wildman–Crippen MR) is 134 cm³/mol. The van der Waals surface area contributed by atoms with E-state index in [1.54, 1.807) is 0 Å². The minimum Gasteiger partial charge on any atom is -0.481 e. The highest BCUT2D eigenvalue weighted by molar-refractivity contribution is 5.71. The lowest BCUT2D eigenvalue weighted by Crippen LogP contribution is -2.43. The van der Waals surface area contributed by atoms with Gasteiger partial charge in [-0.15, -0.1) is 0 Å². The summed E-state index contributed by atoms with van der Waals surface area (Å²) in [5.74, 6) is -1.18. The number of quaternary nitrogens is 1. The largest absolute Gasteiger partial charge is 0.481 e. The molecule has 0 saturated heterocycles. The Bertz CT molecular complexity index is 459. The smallest absolute Gasteiger partial charge is 0.307 e. The zero-order valence-electron chi connectivity index (χ0n) is 21.8. The van der Waals surface area contributed by atoms with E-state index in [9.17, 15) is 9.59 Å². The molecular weight excluding hydrogens is 402 g/mol. The molecule has 0 spiro atoms. The molecule has 0 saturated carbocycles. The van der Waals surface area contributed by atoms with Gasteiger partial charge >= 0.3 is 11.9 Å². The average Bonchev–Trinajstić information content (AvgIpc) is 2.68. The lowest BCUT2D eigenvalue weighted by Gasteiger charge is -2.28. The van der Waals surface area contributed by atoms with Crippen LogP contribution < -0.4 is 0 Å². The van der Waals surface area contributed by atoms with Gasteiger partial charge in [0.2, 0.25) is 0 Å². The standard InChI is InChI=1S/C27H53NO4/c1-5-6-7-8-9-10-11-12-13-14-15-16-17-18-19-20-21-22-27(31)32-25(23-26(29)30)24-28(2,3)4/h25H,5-24H2,1-4H3/p+1/t25-/m1/s1. The van der Waals surface area contributed by atoms with Crippen molar-refractivity contribution in [2.75, 3.05) is 27.7 Å². The first-order valence-electron chi connectivity index (χ1n) is 13.5. The van der Waals surface area contributed by atoms with E-state index in [0.717, 1.165) is 12.8 Å². The molecule has 1 atom stereocenters. The van der Waals surface area contributed by atoms with Crippen LogP contribution in [0.3, 0.4) is 0 Å². The third-order valence-electron chi connectivity index (χ3n) is 5.94. The average molecular weight is 457 g/mol. The SMILES string of the molecule is CCCCCCCCCCCCCCCCCCCC(=O)O[C@H](CC(=O)O)C[N+](C)(C)C. The first-order chi connectivity index (χ1) is 15.2. The Labute approximate surface area is 198 Å². The fourth-order valence-corrected chi connectivity index (χ4v) is 4.19. The second-order valence-electron chi connectivity index (χ2n) is 10.6. The first-order valence-corrected chi connectivity index (χ1v) is 13.5. The van der Waals surface area contributed by atoms with Crippen LogP contribution in [0.4, 0.5) is 0 Å². The van der Waals surface area contributed by atoms with Gasteiger partial charge in [-0.3, -0.25) is 9.59 Å². The second-order valence-corrected chi connectivity index (χ2v) is 10.6. The molecule has 1 N–H and O–H groups in total. The second kappa shape index (κ2) is 20.5. The minimum absolute atomic E-state index is 0.125. The summed E-state index contributed by atoms with van der Waals surface area (Å²) in [4.78, 5) is 23.1. The maximum atomic E-state index is 12.1. The number of carbonyl (C=O) groups excluding carboxylic acids is 1. The molecule has 0 bridgehead atoms. The van der Waals surface area contributed by atoms with Crippen LogP contribution in [0.15, 0.2) is 0 Å². The van der Waals surface area contributed by atoms with E-state index in [1.165, 1.54) is 96.3 Å². The number of carbonyl (C=O) groups is 2. The molecule has 0 aliphatic carbocycles. The van der Waals surface area contributed by atoms with Crippen molar-refractivity contribution < 1.29 is 23.9 Å². The van der Waals surface area contributed by atoms with Gasteiger partial charge in [0.05, 0.1) is 27.6 Å². The predicted octanol–water partition coefficient (Wildman–Crippen LogP) is 7.12. The third kappa shape index (κ3) is 23.6. The van der Waals surface area contributed by atoms with Gasteiger partial charge in [-0.05, 0) is 6.42 Å². The summed E-state index contributed by atoms with van der Waals surface area (Å²) in [6, 6.07) is 0. The molecule has 0 aliphatic heterocycles. The molecule has 0 amide bonds. The van der Waals surface area contributed by atoms with Crippen LogP contribution in [0.5, 0.6) is 0 Å². The molecule has 0 aromatic heterocycles. The maximum absolute atomic E-state index is 12.1. The molecule has 0 aromatic rings. The van der Waals surface area contributed by atoms with Crippen molar-refractivity contribution in [1.82, 2.24) is 0 Å². The first kappa shape index (κ1) is 30.9. The Morgan fingerprint density at radius 3 is 1.41 bits per heavy atom. The van der Waals surface area contributed by atoms with Gasteiger partial charge in [0.25, 0.3) is 0 Å². The molecule has 0 radical (unpaired) electrons. The number of carboxylic acids is 1. The molecule has 0 aliphatic rings. The highest BCUT2D eigenvalue weighted by Crippen LogP contribution is 2.15. The Balaban J connectivity index is 3.50. The van der Waals surface area contributed by atoms with Gasteiger partial charge in [-0.25, -0.2) is 0 Å². The summed E-state index contributed by atoms with van der Waals surface area (Å²) in [7, 11) is 5.91.